The first-order valence-electron chi connectivity index (χ1n) is 9.16. The molecule has 0 bridgehead atoms. The van der Waals surface area contributed by atoms with Gasteiger partial charge in [0, 0.05) is 12.7 Å². The van der Waals surface area contributed by atoms with E-state index in [1.165, 1.54) is 23.1 Å². The standard InChI is InChI=1S/C19H21FN6O/c20-16-7-4-14(5-8-16)17(25-10-2-1-3-11-25)12-21-19(27)15-6-9-18-22-23-24-26(18)13-15/h4-9,13,17H,1-3,10-12H2,(H,21,27). The van der Waals surface area contributed by atoms with E-state index in [1.54, 1.807) is 30.5 Å². The smallest absolute Gasteiger partial charge is 0.252 e. The van der Waals surface area contributed by atoms with E-state index in [1.807, 2.05) is 0 Å². The van der Waals surface area contributed by atoms with Gasteiger partial charge in [0.1, 0.15) is 5.82 Å². The zero-order valence-corrected chi connectivity index (χ0v) is 14.9. The molecular weight excluding hydrogens is 347 g/mol. The second-order valence-corrected chi connectivity index (χ2v) is 6.77. The van der Waals surface area contributed by atoms with Crippen molar-refractivity contribution in [2.45, 2.75) is 25.3 Å². The van der Waals surface area contributed by atoms with E-state index < -0.39 is 0 Å². The van der Waals surface area contributed by atoms with E-state index in [9.17, 15) is 9.18 Å². The van der Waals surface area contributed by atoms with Crippen molar-refractivity contribution in [1.82, 2.24) is 30.3 Å². The van der Waals surface area contributed by atoms with Crippen LogP contribution in [0.5, 0.6) is 0 Å². The number of rotatable bonds is 5. The Morgan fingerprint density at radius 3 is 2.67 bits per heavy atom. The summed E-state index contributed by atoms with van der Waals surface area (Å²) in [7, 11) is 0. The zero-order chi connectivity index (χ0) is 18.6. The highest BCUT2D eigenvalue weighted by molar-refractivity contribution is 5.94. The first-order chi connectivity index (χ1) is 13.2. The van der Waals surface area contributed by atoms with Crippen LogP contribution in [0.2, 0.25) is 0 Å². The maximum Gasteiger partial charge on any atom is 0.252 e. The molecule has 0 saturated carbocycles. The van der Waals surface area contributed by atoms with E-state index >= 15 is 0 Å². The van der Waals surface area contributed by atoms with Crippen LogP contribution in [0.1, 0.15) is 41.2 Å². The van der Waals surface area contributed by atoms with Crippen LogP contribution in [-0.4, -0.2) is 50.5 Å². The maximum atomic E-state index is 13.3. The summed E-state index contributed by atoms with van der Waals surface area (Å²) in [5.74, 6) is -0.438. The fourth-order valence-corrected chi connectivity index (χ4v) is 3.54. The number of amides is 1. The molecule has 7 nitrogen and oxygen atoms in total. The molecule has 1 aliphatic heterocycles. The van der Waals surface area contributed by atoms with Crippen molar-refractivity contribution >= 4 is 11.6 Å². The summed E-state index contributed by atoms with van der Waals surface area (Å²) in [6, 6.07) is 9.97. The molecule has 8 heteroatoms. The highest BCUT2D eigenvalue weighted by atomic mass is 19.1. The van der Waals surface area contributed by atoms with Gasteiger partial charge in [0.25, 0.3) is 5.91 Å². The SMILES string of the molecule is O=C(NCC(c1ccc(F)cc1)N1CCCCC1)c1ccc2nnnn2c1. The van der Waals surface area contributed by atoms with Crippen LogP contribution in [0.3, 0.4) is 0 Å². The van der Waals surface area contributed by atoms with Gasteiger partial charge in [-0.25, -0.2) is 4.39 Å². The fourth-order valence-electron chi connectivity index (χ4n) is 3.54. The third-order valence-electron chi connectivity index (χ3n) is 5.00. The van der Waals surface area contributed by atoms with Crippen molar-refractivity contribution in [3.8, 4) is 0 Å². The Bertz CT molecular complexity index is 919. The minimum Gasteiger partial charge on any atom is -0.350 e. The number of hydrogen-bond acceptors (Lipinski definition) is 5. The number of likely N-dealkylation sites (tertiary alicyclic amines) is 1. The molecular formula is C19H21FN6O. The summed E-state index contributed by atoms with van der Waals surface area (Å²) in [5.41, 5.74) is 2.09. The van der Waals surface area contributed by atoms with Gasteiger partial charge in [0.05, 0.1) is 11.6 Å². The van der Waals surface area contributed by atoms with Gasteiger partial charge >= 0.3 is 0 Å². The lowest BCUT2D eigenvalue weighted by atomic mass is 10.0. The molecule has 4 rings (SSSR count). The predicted molar refractivity (Wildman–Crippen MR) is 97.7 cm³/mol. The minimum absolute atomic E-state index is 0.0200. The average molecular weight is 368 g/mol. The van der Waals surface area contributed by atoms with E-state index in [0.29, 0.717) is 17.8 Å². The maximum absolute atomic E-state index is 13.3. The average Bonchev–Trinajstić information content (AvgIpc) is 3.18. The quantitative estimate of drug-likeness (QED) is 0.747. The summed E-state index contributed by atoms with van der Waals surface area (Å²) >= 11 is 0. The molecule has 2 aromatic heterocycles. The highest BCUT2D eigenvalue weighted by Gasteiger charge is 2.23. The van der Waals surface area contributed by atoms with Crippen molar-refractivity contribution in [2.75, 3.05) is 19.6 Å². The minimum atomic E-state index is -0.255. The number of pyridine rings is 1. The number of fused-ring (bicyclic) bond motifs is 1. The number of hydrogen-bond donors (Lipinski definition) is 1. The van der Waals surface area contributed by atoms with Crippen LogP contribution in [0.4, 0.5) is 4.39 Å². The highest BCUT2D eigenvalue weighted by Crippen LogP contribution is 2.24. The van der Waals surface area contributed by atoms with Gasteiger partial charge in [0.15, 0.2) is 5.65 Å². The second kappa shape index (κ2) is 7.79. The van der Waals surface area contributed by atoms with Gasteiger partial charge in [-0.3, -0.25) is 9.69 Å². The van der Waals surface area contributed by atoms with Gasteiger partial charge in [0.2, 0.25) is 0 Å². The van der Waals surface area contributed by atoms with Crippen molar-refractivity contribution in [3.05, 3.63) is 59.5 Å². The predicted octanol–water partition coefficient (Wildman–Crippen LogP) is 2.22. The van der Waals surface area contributed by atoms with Crippen molar-refractivity contribution in [1.29, 1.82) is 0 Å². The second-order valence-electron chi connectivity index (χ2n) is 6.77. The molecule has 0 aliphatic carbocycles. The summed E-state index contributed by atoms with van der Waals surface area (Å²) in [6.45, 7) is 2.42. The molecule has 3 aromatic rings. The zero-order valence-electron chi connectivity index (χ0n) is 14.9. The van der Waals surface area contributed by atoms with Gasteiger partial charge in [-0.1, -0.05) is 18.6 Å². The van der Waals surface area contributed by atoms with Gasteiger partial charge < -0.3 is 5.32 Å². The monoisotopic (exact) mass is 368 g/mol. The number of halogens is 1. The molecule has 1 aromatic carbocycles. The van der Waals surface area contributed by atoms with Crippen molar-refractivity contribution in [2.24, 2.45) is 0 Å². The number of nitrogens with zero attached hydrogens (tertiary/aromatic N) is 5. The number of carbonyl (C=O) groups excluding carboxylic acids is 1. The van der Waals surface area contributed by atoms with Crippen molar-refractivity contribution in [3.63, 3.8) is 0 Å². The number of benzene rings is 1. The van der Waals surface area contributed by atoms with Crippen LogP contribution >= 0.6 is 0 Å². The molecule has 1 aliphatic rings. The Hall–Kier alpha value is -2.87. The Morgan fingerprint density at radius 2 is 1.89 bits per heavy atom. The lowest BCUT2D eigenvalue weighted by Gasteiger charge is -2.35. The lowest BCUT2D eigenvalue weighted by Crippen LogP contribution is -2.40. The fraction of sp³-hybridized carbons (Fsp3) is 0.368. The molecule has 1 N–H and O–H groups in total. The Morgan fingerprint density at radius 1 is 1.11 bits per heavy atom. The molecule has 1 atom stereocenters. The Labute approximate surface area is 156 Å². The summed E-state index contributed by atoms with van der Waals surface area (Å²) in [4.78, 5) is 15.0. The molecule has 0 spiro atoms. The number of piperidine rings is 1. The molecule has 0 radical (unpaired) electrons. The topological polar surface area (TPSA) is 75.4 Å². The number of nitrogens with one attached hydrogen (secondary N) is 1. The molecule has 1 unspecified atom stereocenters. The van der Waals surface area contributed by atoms with E-state index in [2.05, 4.69) is 25.7 Å². The summed E-state index contributed by atoms with van der Waals surface area (Å²) in [6.07, 6.45) is 5.12. The van der Waals surface area contributed by atoms with Crippen molar-refractivity contribution < 1.29 is 9.18 Å². The normalized spacial score (nSPS) is 16.3. The first-order valence-corrected chi connectivity index (χ1v) is 9.16. The van der Waals surface area contributed by atoms with Gasteiger partial charge in [-0.15, -0.1) is 5.10 Å². The van der Waals surface area contributed by atoms with Crippen LogP contribution in [0, 0.1) is 5.82 Å². The van der Waals surface area contributed by atoms with Crippen LogP contribution in [-0.2, 0) is 0 Å². The third-order valence-corrected chi connectivity index (χ3v) is 5.00. The molecule has 140 valence electrons. The molecule has 1 fully saturated rings. The number of carbonyl (C=O) groups is 1. The lowest BCUT2D eigenvalue weighted by molar-refractivity contribution is 0.0924. The number of tetrazole rings is 1. The molecule has 27 heavy (non-hydrogen) atoms. The van der Waals surface area contributed by atoms with Gasteiger partial charge in [-0.2, -0.15) is 4.52 Å². The summed E-state index contributed by atoms with van der Waals surface area (Å²) < 4.78 is 14.8. The largest absolute Gasteiger partial charge is 0.350 e. The molecule has 1 saturated heterocycles. The summed E-state index contributed by atoms with van der Waals surface area (Å²) in [5, 5.41) is 14.2. The van der Waals surface area contributed by atoms with Crippen LogP contribution in [0.25, 0.3) is 5.65 Å². The third kappa shape index (κ3) is 3.95. The Kier molecular flexibility index (Phi) is 5.06. The van der Waals surface area contributed by atoms with E-state index in [-0.39, 0.29) is 17.8 Å². The Balaban J connectivity index is 1.50. The first kappa shape index (κ1) is 17.5. The number of aromatic nitrogens is 4. The van der Waals surface area contributed by atoms with Crippen LogP contribution < -0.4 is 5.32 Å². The molecule has 1 amide bonds. The molecule has 3 heterocycles. The van der Waals surface area contributed by atoms with Gasteiger partial charge in [-0.05, 0) is 66.2 Å². The van der Waals surface area contributed by atoms with Crippen LogP contribution in [0.15, 0.2) is 42.6 Å². The van der Waals surface area contributed by atoms with E-state index in [4.69, 9.17) is 0 Å². The van der Waals surface area contributed by atoms with E-state index in [0.717, 1.165) is 31.5 Å².